The summed E-state index contributed by atoms with van der Waals surface area (Å²) in [5.41, 5.74) is 5.64. The van der Waals surface area contributed by atoms with Crippen molar-refractivity contribution in [2.24, 2.45) is 17.6 Å². The van der Waals surface area contributed by atoms with E-state index in [1.54, 1.807) is 20.8 Å². The van der Waals surface area contributed by atoms with Crippen LogP contribution in [0, 0.1) is 11.8 Å². The van der Waals surface area contributed by atoms with Crippen LogP contribution in [0.15, 0.2) is 0 Å². The molecule has 0 saturated carbocycles. The average molecular weight is 593 g/mol. The van der Waals surface area contributed by atoms with Crippen LogP contribution in [0.25, 0.3) is 0 Å². The van der Waals surface area contributed by atoms with Crippen LogP contribution < -0.4 is 21.7 Å². The molecule has 0 radical (unpaired) electrons. The number of aliphatic hydroxyl groups is 1. The number of carbonyl (C=O) groups is 5. The van der Waals surface area contributed by atoms with E-state index in [0.29, 0.717) is 12.2 Å². The number of aliphatic hydroxyl groups excluding tert-OH is 1. The van der Waals surface area contributed by atoms with Gasteiger partial charge in [0.1, 0.15) is 6.04 Å². The molecule has 11 nitrogen and oxygen atoms in total. The number of carboxylic acids is 1. The Balaban J connectivity index is 5.41. The molecular weight excluding hydrogens is 544 g/mol. The molecule has 2 unspecified atom stereocenters. The Morgan fingerprint density at radius 1 is 0.846 bits per heavy atom. The molecule has 0 aliphatic rings. The molecule has 0 spiro atoms. The van der Waals surface area contributed by atoms with Gasteiger partial charge in [0, 0.05) is 29.4 Å². The van der Waals surface area contributed by atoms with Crippen molar-refractivity contribution in [2.45, 2.75) is 110 Å². The largest absolute Gasteiger partial charge is 0.481 e. The Morgan fingerprint density at radius 2 is 1.41 bits per heavy atom. The summed E-state index contributed by atoms with van der Waals surface area (Å²) in [4.78, 5) is 61.8. The first kappa shape index (κ1) is 37.3. The van der Waals surface area contributed by atoms with Crippen molar-refractivity contribution in [3.05, 3.63) is 0 Å². The number of hydrogen-bond acceptors (Lipinski definition) is 10. The molecule has 7 atom stereocenters. The summed E-state index contributed by atoms with van der Waals surface area (Å²) < 4.78 is 0. The summed E-state index contributed by atoms with van der Waals surface area (Å²) in [5, 5.41) is 27.6. The summed E-state index contributed by atoms with van der Waals surface area (Å²) in [6, 6.07) is -3.82. The molecule has 0 aliphatic carbocycles. The molecule has 7 N–H and O–H groups in total. The molecule has 0 fully saturated rings. The molecule has 0 aromatic carbocycles. The molecule has 0 aliphatic heterocycles. The smallest absolute Gasteiger partial charge is 0.305 e. The van der Waals surface area contributed by atoms with Crippen LogP contribution in [0.2, 0.25) is 0 Å². The van der Waals surface area contributed by atoms with Crippen LogP contribution in [0.1, 0.15) is 74.1 Å². The van der Waals surface area contributed by atoms with E-state index in [-0.39, 0.29) is 35.2 Å². The maximum atomic E-state index is 13.2. The minimum absolute atomic E-state index is 0.0249. The predicted octanol–water partition coefficient (Wildman–Crippen LogP) is 1.51. The summed E-state index contributed by atoms with van der Waals surface area (Å²) in [6.07, 6.45) is 0.733. The molecular formula is C26H48N4O7S2. The van der Waals surface area contributed by atoms with Crippen LogP contribution >= 0.6 is 21.6 Å². The number of amides is 2. The van der Waals surface area contributed by atoms with Crippen molar-refractivity contribution in [2.75, 3.05) is 11.5 Å². The van der Waals surface area contributed by atoms with E-state index in [9.17, 15) is 29.1 Å². The van der Waals surface area contributed by atoms with Crippen LogP contribution in [-0.4, -0.2) is 87.4 Å². The predicted molar refractivity (Wildman–Crippen MR) is 156 cm³/mol. The Kier molecular flexibility index (Phi) is 18.6. The van der Waals surface area contributed by atoms with Gasteiger partial charge in [-0.05, 0) is 26.7 Å². The lowest BCUT2D eigenvalue weighted by Crippen LogP contribution is -2.56. The number of rotatable bonds is 21. The monoisotopic (exact) mass is 592 g/mol. The first-order valence-electron chi connectivity index (χ1n) is 13.5. The first-order chi connectivity index (χ1) is 18.2. The minimum atomic E-state index is -1.28. The van der Waals surface area contributed by atoms with Gasteiger partial charge < -0.3 is 31.9 Å². The van der Waals surface area contributed by atoms with Crippen molar-refractivity contribution in [3.63, 3.8) is 0 Å². The zero-order valence-corrected chi connectivity index (χ0v) is 25.8. The number of Topliss-reactive ketones (excluding diaryl/α,β-unsaturated/α-hetero) is 2. The summed E-state index contributed by atoms with van der Waals surface area (Å²) in [5.74, 6) is -2.98. The summed E-state index contributed by atoms with van der Waals surface area (Å²) in [7, 11) is 2.61. The zero-order valence-electron chi connectivity index (χ0n) is 24.2. The van der Waals surface area contributed by atoms with Gasteiger partial charge in [0.25, 0.3) is 0 Å². The van der Waals surface area contributed by atoms with Crippen LogP contribution in [0.3, 0.4) is 0 Å². The van der Waals surface area contributed by atoms with Gasteiger partial charge in [-0.25, -0.2) is 0 Å². The fraction of sp³-hybridized carbons (Fsp3) is 0.808. The molecule has 13 heteroatoms. The fourth-order valence-corrected chi connectivity index (χ4v) is 5.99. The minimum Gasteiger partial charge on any atom is -0.481 e. The van der Waals surface area contributed by atoms with Gasteiger partial charge in [-0.1, -0.05) is 62.6 Å². The Bertz CT molecular complexity index is 813. The van der Waals surface area contributed by atoms with Gasteiger partial charge in [-0.3, -0.25) is 24.0 Å². The van der Waals surface area contributed by atoms with Crippen LogP contribution in [0.4, 0.5) is 0 Å². The number of carbonyl (C=O) groups excluding carboxylic acids is 4. The number of hydrogen-bond donors (Lipinski definition) is 6. The SMILES string of the molecule is CCCC(C)N[C@@H](CSSC[C@H](NC(=O)[C@@H](N)CC(=O)O)C(=O)C(C)C)C(=O)N[C@H](C(=O)C(C)CC)[C@@H](C)O. The maximum Gasteiger partial charge on any atom is 0.305 e. The van der Waals surface area contributed by atoms with E-state index in [4.69, 9.17) is 10.8 Å². The van der Waals surface area contributed by atoms with E-state index >= 15 is 0 Å². The Labute approximate surface area is 240 Å². The molecule has 39 heavy (non-hydrogen) atoms. The van der Waals surface area contributed by atoms with E-state index in [0.717, 1.165) is 12.8 Å². The second-order valence-corrected chi connectivity index (χ2v) is 12.8. The van der Waals surface area contributed by atoms with Crippen molar-refractivity contribution in [1.82, 2.24) is 16.0 Å². The van der Waals surface area contributed by atoms with E-state index in [2.05, 4.69) is 16.0 Å². The molecule has 0 saturated heterocycles. The third kappa shape index (κ3) is 14.5. The van der Waals surface area contributed by atoms with Gasteiger partial charge in [0.15, 0.2) is 11.6 Å². The Morgan fingerprint density at radius 3 is 1.87 bits per heavy atom. The number of nitrogens with one attached hydrogen (secondary N) is 3. The van der Waals surface area contributed by atoms with E-state index < -0.39 is 54.5 Å². The zero-order chi connectivity index (χ0) is 30.3. The highest BCUT2D eigenvalue weighted by atomic mass is 33.1. The highest BCUT2D eigenvalue weighted by molar-refractivity contribution is 8.76. The number of nitrogens with two attached hydrogens (primary N) is 1. The number of carboxylic acid groups (broad SMARTS) is 1. The number of aliphatic carboxylic acids is 1. The van der Waals surface area contributed by atoms with E-state index in [1.165, 1.54) is 28.5 Å². The normalized spacial score (nSPS) is 16.9. The Hall–Kier alpha value is -1.67. The van der Waals surface area contributed by atoms with Gasteiger partial charge in [-0.2, -0.15) is 0 Å². The highest BCUT2D eigenvalue weighted by Gasteiger charge is 2.32. The lowest BCUT2D eigenvalue weighted by molar-refractivity contribution is -0.139. The lowest BCUT2D eigenvalue weighted by atomic mass is 9.94. The summed E-state index contributed by atoms with van der Waals surface area (Å²) >= 11 is 0. The molecule has 0 bridgehead atoms. The average Bonchev–Trinajstić information content (AvgIpc) is 2.85. The van der Waals surface area contributed by atoms with E-state index in [1.807, 2.05) is 20.8 Å². The van der Waals surface area contributed by atoms with Crippen LogP contribution in [-0.2, 0) is 24.0 Å². The molecule has 0 rings (SSSR count). The third-order valence-electron chi connectivity index (χ3n) is 6.22. The third-order valence-corrected chi connectivity index (χ3v) is 8.64. The van der Waals surface area contributed by atoms with Gasteiger partial charge in [-0.15, -0.1) is 0 Å². The topological polar surface area (TPSA) is 188 Å². The first-order valence-corrected chi connectivity index (χ1v) is 16.0. The highest BCUT2D eigenvalue weighted by Crippen LogP contribution is 2.24. The second-order valence-electron chi connectivity index (χ2n) is 10.2. The lowest BCUT2D eigenvalue weighted by Gasteiger charge is -2.27. The molecule has 0 aromatic rings. The molecule has 226 valence electrons. The molecule has 0 heterocycles. The van der Waals surface area contributed by atoms with Crippen molar-refractivity contribution in [1.29, 1.82) is 0 Å². The fourth-order valence-electron chi connectivity index (χ4n) is 3.64. The standard InChI is InChI=1S/C26H48N4O7S2/c1-8-10-16(6)28-20(26(37)30-22(17(7)31)24(35)15(5)9-2)13-39-38-12-19(23(34)14(3)4)29-25(36)18(27)11-21(32)33/h14-20,22,28,31H,8-13,27H2,1-7H3,(H,29,36)(H,30,37)(H,32,33)/t15?,16?,17-,18+,19+,20+,22+/m1/s1. The van der Waals surface area contributed by atoms with Crippen molar-refractivity contribution in [3.8, 4) is 0 Å². The van der Waals surface area contributed by atoms with Gasteiger partial charge >= 0.3 is 5.97 Å². The van der Waals surface area contributed by atoms with Crippen LogP contribution in [0.5, 0.6) is 0 Å². The molecule has 2 amide bonds. The van der Waals surface area contributed by atoms with Gasteiger partial charge in [0.2, 0.25) is 11.8 Å². The maximum absolute atomic E-state index is 13.2. The number of ketones is 2. The van der Waals surface area contributed by atoms with Crippen molar-refractivity contribution < 1.29 is 34.2 Å². The van der Waals surface area contributed by atoms with Gasteiger partial charge in [0.05, 0.1) is 30.7 Å². The summed E-state index contributed by atoms with van der Waals surface area (Å²) in [6.45, 7) is 12.5. The second kappa shape index (κ2) is 19.4. The quantitative estimate of drug-likeness (QED) is 0.0837. The van der Waals surface area contributed by atoms with Crippen molar-refractivity contribution >= 4 is 50.9 Å². The molecule has 0 aromatic heterocycles.